The van der Waals surface area contributed by atoms with Gasteiger partial charge in [-0.3, -0.25) is 0 Å². The lowest BCUT2D eigenvalue weighted by atomic mass is 9.51. The average Bonchev–Trinajstić information content (AvgIpc) is 3.15. The van der Waals surface area contributed by atoms with Gasteiger partial charge in [0.2, 0.25) is 17.8 Å². The van der Waals surface area contributed by atoms with Gasteiger partial charge in [-0.05, 0) is 136 Å². The molecule has 69 heavy (non-hydrogen) atoms. The van der Waals surface area contributed by atoms with E-state index in [0.29, 0.717) is 52.1 Å². The van der Waals surface area contributed by atoms with Gasteiger partial charge in [-0.25, -0.2) is 0 Å². The Labute approximate surface area is 478 Å². The standard InChI is InChI=1S/C45H80B8I4O12/c1-37(2,17-21-62-41(9,10)25-33(58)50(46)54)66-29-45(30-67-38(3,4)18-22-63-42(11,12)26-34(59)51(47)55,31-68-39(5,6)19-23-64-43(13,14)27-35(60)52(48)56)32-69-40(7,8)20-24-65-44(15,16)28-36(61)53(49)57/h17-32H2,1-16H3. The fourth-order valence-corrected chi connectivity index (χ4v) is 7.38. The summed E-state index contributed by atoms with van der Waals surface area (Å²) in [7, 11) is 23.4. The van der Waals surface area contributed by atoms with Crippen LogP contribution in [0.2, 0.25) is 0 Å². The summed E-state index contributed by atoms with van der Waals surface area (Å²) < 4.78 is 49.9. The fourth-order valence-electron chi connectivity index (χ4n) is 6.50. The van der Waals surface area contributed by atoms with Crippen LogP contribution in [0.15, 0.2) is 0 Å². The second-order valence-corrected chi connectivity index (χ2v) is 28.7. The molecular formula is C45H80B8I4O12. The van der Waals surface area contributed by atoms with Crippen LogP contribution in [0.1, 0.15) is 162 Å². The highest BCUT2D eigenvalue weighted by Crippen LogP contribution is 2.33. The quantitative estimate of drug-likeness (QED) is 0.0431. The van der Waals surface area contributed by atoms with Crippen molar-refractivity contribution >= 4 is 161 Å². The zero-order valence-electron chi connectivity index (χ0n) is 44.8. The van der Waals surface area contributed by atoms with E-state index >= 15 is 0 Å². The summed E-state index contributed by atoms with van der Waals surface area (Å²) in [6.45, 7) is 33.0. The van der Waals surface area contributed by atoms with Crippen molar-refractivity contribution in [3.63, 3.8) is 0 Å². The van der Waals surface area contributed by atoms with Crippen LogP contribution < -0.4 is 0 Å². The van der Waals surface area contributed by atoms with E-state index in [1.807, 2.05) is 200 Å². The molecule has 8 radical (unpaired) electrons. The zero-order valence-corrected chi connectivity index (χ0v) is 53.5. The van der Waals surface area contributed by atoms with Gasteiger partial charge in [0.1, 0.15) is 0 Å². The molecule has 0 aromatic heterocycles. The lowest BCUT2D eigenvalue weighted by Crippen LogP contribution is -2.49. The molecule has 12 nitrogen and oxygen atoms in total. The van der Waals surface area contributed by atoms with Gasteiger partial charge in [-0.1, -0.05) is 0 Å². The zero-order chi connectivity index (χ0) is 54.1. The topological polar surface area (TPSA) is 142 Å². The second-order valence-electron chi connectivity index (χ2n) is 23.3. The number of rotatable bonds is 40. The van der Waals surface area contributed by atoms with Crippen molar-refractivity contribution in [3.05, 3.63) is 0 Å². The molecule has 0 spiro atoms. The maximum Gasteiger partial charge on any atom is 0.245 e. The second kappa shape index (κ2) is 30.7. The first-order chi connectivity index (χ1) is 31.0. The number of ether oxygens (including phenoxy) is 8. The number of halogens is 4. The summed E-state index contributed by atoms with van der Waals surface area (Å²) in [6.07, 6.45) is 2.77. The molecule has 0 saturated carbocycles. The molecule has 0 fully saturated rings. The molecule has 0 rings (SSSR count). The Morgan fingerprint density at radius 3 is 0.623 bits per heavy atom. The molecule has 0 aromatic carbocycles. The lowest BCUT2D eigenvalue weighted by Gasteiger charge is -2.42. The van der Waals surface area contributed by atoms with Crippen molar-refractivity contribution in [3.8, 4) is 0 Å². The van der Waals surface area contributed by atoms with Crippen molar-refractivity contribution in [1.82, 2.24) is 0 Å². The molecule has 0 aliphatic rings. The van der Waals surface area contributed by atoms with Crippen molar-refractivity contribution in [2.45, 2.75) is 207 Å². The molecule has 24 heteroatoms. The average molecular weight is 1410 g/mol. The predicted octanol–water partition coefficient (Wildman–Crippen LogP) is 8.26. The molecular weight excluding hydrogens is 1330 g/mol. The maximum absolute atomic E-state index is 12.5. The Morgan fingerprint density at radius 1 is 0.319 bits per heavy atom. The molecule has 0 aromatic rings. The van der Waals surface area contributed by atoms with Gasteiger partial charge in [-0.2, -0.15) is 89.5 Å². The Bertz CT molecular complexity index is 1370. The summed E-state index contributed by atoms with van der Waals surface area (Å²) in [4.78, 5) is 49.9. The summed E-state index contributed by atoms with van der Waals surface area (Å²) in [5.74, 6) is 0. The Morgan fingerprint density at radius 2 is 0.478 bits per heavy atom. The van der Waals surface area contributed by atoms with E-state index < -0.39 is 68.1 Å². The molecule has 0 heterocycles. The lowest BCUT2D eigenvalue weighted by molar-refractivity contribution is -0.197. The predicted molar refractivity (Wildman–Crippen MR) is 322 cm³/mol. The Hall–Kier alpha value is 1.80. The first-order valence-corrected chi connectivity index (χ1v) is 28.8. The molecule has 0 unspecified atom stereocenters. The normalized spacial score (nSPS) is 13.6. The molecule has 384 valence electrons. The minimum atomic E-state index is -0.888. The van der Waals surface area contributed by atoms with Crippen LogP contribution in [0, 0.1) is 5.41 Å². The van der Waals surface area contributed by atoms with Gasteiger partial charge in [0, 0.05) is 56.6 Å². The highest BCUT2D eigenvalue weighted by molar-refractivity contribution is 14.1. The van der Waals surface area contributed by atoms with Crippen LogP contribution in [0.5, 0.6) is 0 Å². The Balaban J connectivity index is 6.84. The fraction of sp³-hybridized carbons (Fsp3) is 0.911. The SMILES string of the molecule is [B]B(I)C(=O)CC(C)(C)OCCC(C)(C)OCC(COC(C)(C)CCOC(C)(C)CC(=O)B([B])I)(COC(C)(C)CCOC(C)(C)CC(=O)B([B])I)COC(C)(C)CCOC(C)(C)CC(=O)B([B])I. The van der Waals surface area contributed by atoms with Gasteiger partial charge in [-0.15, -0.1) is 0 Å². The van der Waals surface area contributed by atoms with Crippen molar-refractivity contribution in [2.24, 2.45) is 5.41 Å². The molecule has 0 aliphatic heterocycles. The van der Waals surface area contributed by atoms with Gasteiger partial charge in [0.15, 0.2) is 0 Å². The van der Waals surface area contributed by atoms with Crippen molar-refractivity contribution < 1.29 is 57.1 Å². The minimum absolute atomic E-state index is 0.0846. The van der Waals surface area contributed by atoms with E-state index in [2.05, 4.69) is 0 Å². The van der Waals surface area contributed by atoms with Crippen molar-refractivity contribution in [1.29, 1.82) is 0 Å². The molecule has 0 N–H and O–H groups in total. The van der Waals surface area contributed by atoms with E-state index in [1.165, 1.54) is 0 Å². The summed E-state index contributed by atoms with van der Waals surface area (Å²) in [6, 6.07) is 0. The monoisotopic (exact) mass is 1410 g/mol. The molecule has 0 amide bonds. The van der Waals surface area contributed by atoms with E-state index in [1.54, 1.807) is 0 Å². The van der Waals surface area contributed by atoms with E-state index in [4.69, 9.17) is 68.8 Å². The van der Waals surface area contributed by atoms with Gasteiger partial charge in [0.25, 0.3) is 0 Å². The largest absolute Gasteiger partial charge is 0.375 e. The third-order valence-corrected chi connectivity index (χ3v) is 14.3. The Kier molecular flexibility index (Phi) is 31.5. The van der Waals surface area contributed by atoms with E-state index in [-0.39, 0.29) is 74.8 Å². The van der Waals surface area contributed by atoms with Crippen LogP contribution in [-0.4, -0.2) is 169 Å². The number of hydrogen-bond acceptors (Lipinski definition) is 12. The highest BCUT2D eigenvalue weighted by atomic mass is 127. The van der Waals surface area contributed by atoms with Crippen LogP contribution in [0.4, 0.5) is 0 Å². The van der Waals surface area contributed by atoms with Gasteiger partial charge >= 0.3 is 0 Å². The molecule has 0 saturated heterocycles. The van der Waals surface area contributed by atoms with Gasteiger partial charge < -0.3 is 57.1 Å². The van der Waals surface area contributed by atoms with Crippen LogP contribution >= 0.6 is 89.5 Å². The first kappa shape index (κ1) is 70.8. The third-order valence-electron chi connectivity index (χ3n) is 11.5. The highest BCUT2D eigenvalue weighted by Gasteiger charge is 2.41. The minimum Gasteiger partial charge on any atom is -0.375 e. The third kappa shape index (κ3) is 33.5. The van der Waals surface area contributed by atoms with E-state index in [9.17, 15) is 19.2 Å². The van der Waals surface area contributed by atoms with Crippen LogP contribution in [-0.2, 0) is 57.1 Å². The van der Waals surface area contributed by atoms with Crippen LogP contribution in [0.3, 0.4) is 0 Å². The van der Waals surface area contributed by atoms with E-state index in [0.717, 1.165) is 0 Å². The van der Waals surface area contributed by atoms with Crippen molar-refractivity contribution in [2.75, 3.05) is 52.9 Å². The maximum atomic E-state index is 12.5. The van der Waals surface area contributed by atoms with Gasteiger partial charge in [0.05, 0.1) is 126 Å². The number of hydrogen-bond donors (Lipinski definition) is 0. The summed E-state index contributed by atoms with van der Waals surface area (Å²) in [5, 5.41) is 0. The molecule has 0 atom stereocenters. The molecule has 0 aliphatic carbocycles. The first-order valence-electron chi connectivity index (χ1n) is 23.8. The number of carbonyl (C=O) groups is 4. The summed E-state index contributed by atoms with van der Waals surface area (Å²) in [5.41, 5.74) is -6.89. The molecule has 0 bridgehead atoms. The number of carbonyl (C=O) groups excluding carboxylic acids is 4. The van der Waals surface area contributed by atoms with Crippen LogP contribution in [0.25, 0.3) is 0 Å². The smallest absolute Gasteiger partial charge is 0.245 e. The summed E-state index contributed by atoms with van der Waals surface area (Å²) >= 11 is 7.66.